The second-order valence-electron chi connectivity index (χ2n) is 4.59. The lowest BCUT2D eigenvalue weighted by Gasteiger charge is -2.03. The maximum Gasteiger partial charge on any atom is 0.162 e. The summed E-state index contributed by atoms with van der Waals surface area (Å²) in [6, 6.07) is 6.87. The largest absolute Gasteiger partial charge is 0.217 e. The molecule has 1 aromatic carbocycles. The fourth-order valence-electron chi connectivity index (χ4n) is 2.02. The monoisotopic (exact) mass is 306 g/mol. The average molecular weight is 307 g/mol. The zero-order chi connectivity index (χ0) is 14.3. The summed E-state index contributed by atoms with van der Waals surface area (Å²) in [5.74, 6) is 0.306. The zero-order valence-electron chi connectivity index (χ0n) is 11.1. The highest BCUT2D eigenvalue weighted by Gasteiger charge is 2.12. The van der Waals surface area contributed by atoms with Crippen LogP contribution < -0.4 is 0 Å². The van der Waals surface area contributed by atoms with Crippen LogP contribution in [0.4, 0.5) is 4.39 Å². The van der Waals surface area contributed by atoms with Gasteiger partial charge >= 0.3 is 0 Å². The van der Waals surface area contributed by atoms with Crippen molar-refractivity contribution in [2.75, 3.05) is 0 Å². The minimum absolute atomic E-state index is 0.231. The molecule has 2 aromatic heterocycles. The summed E-state index contributed by atoms with van der Waals surface area (Å²) >= 11 is 7.85. The van der Waals surface area contributed by atoms with Gasteiger partial charge in [0.15, 0.2) is 5.82 Å². The number of fused-ring (bicyclic) bond motifs is 1. The van der Waals surface area contributed by atoms with Crippen molar-refractivity contribution in [3.8, 4) is 11.4 Å². The molecule has 0 aliphatic rings. The summed E-state index contributed by atoms with van der Waals surface area (Å²) in [5.41, 5.74) is 1.35. The lowest BCUT2D eigenvalue weighted by molar-refractivity contribution is 0.618. The normalized spacial score (nSPS) is 11.2. The number of halogens is 2. The van der Waals surface area contributed by atoms with Crippen LogP contribution in [-0.4, -0.2) is 9.97 Å². The van der Waals surface area contributed by atoms with Gasteiger partial charge in [-0.15, -0.1) is 11.3 Å². The Morgan fingerprint density at radius 2 is 2.05 bits per heavy atom. The standard InChI is InChI=1S/C15H12ClFN2S/c1-3-10-7-11-13(16)18-14(19-15(11)20-10)9-4-5-12(17)8(2)6-9/h4-7H,3H2,1-2H3. The van der Waals surface area contributed by atoms with Crippen molar-refractivity contribution in [2.24, 2.45) is 0 Å². The lowest BCUT2D eigenvalue weighted by Crippen LogP contribution is -1.91. The summed E-state index contributed by atoms with van der Waals surface area (Å²) in [7, 11) is 0. The molecule has 0 amide bonds. The van der Waals surface area contributed by atoms with E-state index in [0.29, 0.717) is 16.5 Å². The van der Waals surface area contributed by atoms with E-state index < -0.39 is 0 Å². The van der Waals surface area contributed by atoms with Crippen molar-refractivity contribution < 1.29 is 4.39 Å². The SMILES string of the molecule is CCc1cc2c(Cl)nc(-c3ccc(F)c(C)c3)nc2s1. The summed E-state index contributed by atoms with van der Waals surface area (Å²) in [5, 5.41) is 1.33. The predicted octanol–water partition coefficient (Wildman–Crippen LogP) is 5.02. The molecule has 0 spiro atoms. The first-order valence-electron chi connectivity index (χ1n) is 6.31. The maximum atomic E-state index is 13.3. The van der Waals surface area contributed by atoms with Crippen LogP contribution in [0.25, 0.3) is 21.6 Å². The third-order valence-corrected chi connectivity index (χ3v) is 4.62. The number of hydrogen-bond donors (Lipinski definition) is 0. The number of benzene rings is 1. The molecule has 3 aromatic rings. The van der Waals surface area contributed by atoms with E-state index in [9.17, 15) is 4.39 Å². The van der Waals surface area contributed by atoms with Gasteiger partial charge in [0.1, 0.15) is 15.8 Å². The Hall–Kier alpha value is -1.52. The smallest absolute Gasteiger partial charge is 0.162 e. The van der Waals surface area contributed by atoms with E-state index in [1.165, 1.54) is 10.9 Å². The summed E-state index contributed by atoms with van der Waals surface area (Å²) in [4.78, 5) is 11.0. The Labute approximate surface area is 125 Å². The fraction of sp³-hybridized carbons (Fsp3) is 0.200. The molecular formula is C15H12ClFN2S. The summed E-state index contributed by atoms with van der Waals surface area (Å²) in [6.45, 7) is 3.82. The molecule has 0 aliphatic carbocycles. The molecule has 2 nitrogen and oxygen atoms in total. The van der Waals surface area contributed by atoms with Crippen LogP contribution in [0.2, 0.25) is 5.15 Å². The van der Waals surface area contributed by atoms with Crippen LogP contribution in [0.5, 0.6) is 0 Å². The molecule has 0 bridgehead atoms. The van der Waals surface area contributed by atoms with Gasteiger partial charge in [0.2, 0.25) is 0 Å². The molecule has 0 radical (unpaired) electrons. The second-order valence-corrected chi connectivity index (χ2v) is 6.06. The number of rotatable bonds is 2. The van der Waals surface area contributed by atoms with Crippen LogP contribution in [-0.2, 0) is 6.42 Å². The average Bonchev–Trinajstić information content (AvgIpc) is 2.85. The van der Waals surface area contributed by atoms with Crippen LogP contribution in [0, 0.1) is 12.7 Å². The van der Waals surface area contributed by atoms with Gasteiger partial charge in [0.25, 0.3) is 0 Å². The lowest BCUT2D eigenvalue weighted by atomic mass is 10.1. The van der Waals surface area contributed by atoms with E-state index in [1.807, 2.05) is 6.07 Å². The molecule has 3 rings (SSSR count). The summed E-state index contributed by atoms with van der Waals surface area (Å²) < 4.78 is 13.3. The van der Waals surface area contributed by atoms with Crippen molar-refractivity contribution >= 4 is 33.2 Å². The highest BCUT2D eigenvalue weighted by Crippen LogP contribution is 2.31. The quantitative estimate of drug-likeness (QED) is 0.621. The molecule has 0 saturated carbocycles. The number of hydrogen-bond acceptors (Lipinski definition) is 3. The van der Waals surface area contributed by atoms with Crippen molar-refractivity contribution in [1.82, 2.24) is 9.97 Å². The molecule has 0 saturated heterocycles. The van der Waals surface area contributed by atoms with Crippen LogP contribution in [0.3, 0.4) is 0 Å². The first kappa shape index (κ1) is 13.5. The molecular weight excluding hydrogens is 295 g/mol. The van der Waals surface area contributed by atoms with Gasteiger partial charge < -0.3 is 0 Å². The number of thiophene rings is 1. The van der Waals surface area contributed by atoms with Gasteiger partial charge in [-0.2, -0.15) is 0 Å². The molecule has 0 unspecified atom stereocenters. The Balaban J connectivity index is 2.18. The first-order chi connectivity index (χ1) is 9.58. The molecule has 0 atom stereocenters. The van der Waals surface area contributed by atoms with E-state index in [-0.39, 0.29) is 5.82 Å². The Kier molecular flexibility index (Phi) is 3.44. The topological polar surface area (TPSA) is 25.8 Å². The van der Waals surface area contributed by atoms with Crippen LogP contribution >= 0.6 is 22.9 Å². The van der Waals surface area contributed by atoms with Crippen molar-refractivity contribution in [2.45, 2.75) is 20.3 Å². The fourth-order valence-corrected chi connectivity index (χ4v) is 3.27. The summed E-state index contributed by atoms with van der Waals surface area (Å²) in [6.07, 6.45) is 0.947. The number of aromatic nitrogens is 2. The van der Waals surface area contributed by atoms with Crippen molar-refractivity contribution in [1.29, 1.82) is 0 Å². The van der Waals surface area contributed by atoms with Gasteiger partial charge in [-0.25, -0.2) is 14.4 Å². The molecule has 2 heterocycles. The van der Waals surface area contributed by atoms with Gasteiger partial charge in [0.05, 0.1) is 0 Å². The molecule has 5 heteroatoms. The van der Waals surface area contributed by atoms with Crippen LogP contribution in [0.1, 0.15) is 17.4 Å². The number of nitrogens with zero attached hydrogens (tertiary/aromatic N) is 2. The van der Waals surface area contributed by atoms with E-state index in [0.717, 1.165) is 22.2 Å². The van der Waals surface area contributed by atoms with E-state index in [4.69, 9.17) is 11.6 Å². The minimum atomic E-state index is -0.231. The minimum Gasteiger partial charge on any atom is -0.217 e. The second kappa shape index (κ2) is 5.11. The number of aryl methyl sites for hydroxylation is 2. The third kappa shape index (κ3) is 2.30. The molecule has 0 fully saturated rings. The van der Waals surface area contributed by atoms with Gasteiger partial charge in [-0.1, -0.05) is 18.5 Å². The van der Waals surface area contributed by atoms with Gasteiger partial charge in [-0.05, 0) is 43.2 Å². The predicted molar refractivity (Wildman–Crippen MR) is 81.9 cm³/mol. The van der Waals surface area contributed by atoms with Crippen LogP contribution in [0.15, 0.2) is 24.3 Å². The molecule has 0 N–H and O–H groups in total. The van der Waals surface area contributed by atoms with E-state index in [2.05, 4.69) is 16.9 Å². The Morgan fingerprint density at radius 3 is 2.75 bits per heavy atom. The molecule has 0 aliphatic heterocycles. The first-order valence-corrected chi connectivity index (χ1v) is 7.50. The third-order valence-electron chi connectivity index (χ3n) is 3.16. The van der Waals surface area contributed by atoms with E-state index >= 15 is 0 Å². The molecule has 20 heavy (non-hydrogen) atoms. The highest BCUT2D eigenvalue weighted by atomic mass is 35.5. The highest BCUT2D eigenvalue weighted by molar-refractivity contribution is 7.18. The molecule has 102 valence electrons. The van der Waals surface area contributed by atoms with Gasteiger partial charge in [0, 0.05) is 15.8 Å². The zero-order valence-corrected chi connectivity index (χ0v) is 12.6. The van der Waals surface area contributed by atoms with Crippen molar-refractivity contribution in [3.05, 3.63) is 45.7 Å². The van der Waals surface area contributed by atoms with Crippen molar-refractivity contribution in [3.63, 3.8) is 0 Å². The van der Waals surface area contributed by atoms with Gasteiger partial charge in [-0.3, -0.25) is 0 Å². The maximum absolute atomic E-state index is 13.3. The Morgan fingerprint density at radius 1 is 1.25 bits per heavy atom. The Bertz CT molecular complexity index is 798. The van der Waals surface area contributed by atoms with E-state index in [1.54, 1.807) is 30.4 Å².